The number of rotatable bonds is 5. The summed E-state index contributed by atoms with van der Waals surface area (Å²) in [6.45, 7) is 10.9. The first-order valence-corrected chi connectivity index (χ1v) is 8.03. The molecule has 2 unspecified atom stereocenters. The molecule has 1 N–H and O–H groups in total. The minimum atomic E-state index is -0.140. The molecule has 0 amide bonds. The van der Waals surface area contributed by atoms with E-state index in [0.29, 0.717) is 12.0 Å². The molecule has 1 saturated heterocycles. The van der Waals surface area contributed by atoms with Gasteiger partial charge in [-0.3, -0.25) is 0 Å². The monoisotopic (exact) mass is 275 g/mol. The molecule has 1 fully saturated rings. The lowest BCUT2D eigenvalue weighted by Gasteiger charge is -2.39. The van der Waals surface area contributed by atoms with Crippen LogP contribution in [-0.2, 0) is 10.3 Å². The van der Waals surface area contributed by atoms with Gasteiger partial charge in [0.1, 0.15) is 0 Å². The number of benzene rings is 1. The Balaban J connectivity index is 2.08. The lowest BCUT2D eigenvalue weighted by molar-refractivity contribution is -0.0812. The highest BCUT2D eigenvalue weighted by molar-refractivity contribution is 5.29. The fraction of sp³-hybridized carbons (Fsp3) is 0.667. The Hall–Kier alpha value is -0.860. The minimum Gasteiger partial charge on any atom is -0.370 e. The molecule has 2 heteroatoms. The van der Waals surface area contributed by atoms with Crippen molar-refractivity contribution in [1.82, 2.24) is 5.32 Å². The summed E-state index contributed by atoms with van der Waals surface area (Å²) in [7, 11) is 0. The average molecular weight is 275 g/mol. The molecule has 0 radical (unpaired) electrons. The van der Waals surface area contributed by atoms with Crippen molar-refractivity contribution in [3.05, 3.63) is 35.4 Å². The fourth-order valence-corrected chi connectivity index (χ4v) is 3.00. The molecular formula is C18H29NO. The topological polar surface area (TPSA) is 21.3 Å². The Labute approximate surface area is 123 Å². The number of ether oxygens (including phenoxy) is 1. The van der Waals surface area contributed by atoms with Crippen LogP contribution in [0, 0.1) is 0 Å². The van der Waals surface area contributed by atoms with E-state index in [1.807, 2.05) is 0 Å². The van der Waals surface area contributed by atoms with Gasteiger partial charge >= 0.3 is 0 Å². The lowest BCUT2D eigenvalue weighted by atomic mass is 9.85. The third-order valence-corrected chi connectivity index (χ3v) is 4.39. The van der Waals surface area contributed by atoms with Crippen molar-refractivity contribution in [1.29, 1.82) is 0 Å². The van der Waals surface area contributed by atoms with Crippen LogP contribution in [0.25, 0.3) is 0 Å². The molecular weight excluding hydrogens is 246 g/mol. The zero-order valence-corrected chi connectivity index (χ0v) is 13.4. The first-order valence-electron chi connectivity index (χ1n) is 8.03. The Morgan fingerprint density at radius 2 is 2.00 bits per heavy atom. The van der Waals surface area contributed by atoms with Crippen LogP contribution >= 0.6 is 0 Å². The maximum absolute atomic E-state index is 6.12. The van der Waals surface area contributed by atoms with Gasteiger partial charge in [0.2, 0.25) is 0 Å². The van der Waals surface area contributed by atoms with Crippen LogP contribution in [0.5, 0.6) is 0 Å². The molecule has 20 heavy (non-hydrogen) atoms. The quantitative estimate of drug-likeness (QED) is 0.869. The van der Waals surface area contributed by atoms with Crippen molar-refractivity contribution in [3.8, 4) is 0 Å². The standard InChI is InChI=1S/C18H29NO/c1-5-11-19-17-10-12-20-18(4,13-17)16-8-6-15(7-9-16)14(2)3/h6-9,14,17,19H,5,10-13H2,1-4H3. The van der Waals surface area contributed by atoms with Crippen LogP contribution in [0.2, 0.25) is 0 Å². The Morgan fingerprint density at radius 1 is 1.30 bits per heavy atom. The molecule has 1 aliphatic heterocycles. The van der Waals surface area contributed by atoms with Crippen LogP contribution in [0.1, 0.15) is 64.0 Å². The van der Waals surface area contributed by atoms with Crippen molar-refractivity contribution in [2.75, 3.05) is 13.2 Å². The highest BCUT2D eigenvalue weighted by Gasteiger charge is 2.34. The molecule has 1 aliphatic rings. The number of hydrogen-bond donors (Lipinski definition) is 1. The first-order chi connectivity index (χ1) is 9.55. The zero-order valence-electron chi connectivity index (χ0n) is 13.4. The van der Waals surface area contributed by atoms with Crippen LogP contribution < -0.4 is 5.32 Å². The van der Waals surface area contributed by atoms with Gasteiger partial charge in [-0.15, -0.1) is 0 Å². The molecule has 0 aromatic heterocycles. The Morgan fingerprint density at radius 3 is 2.60 bits per heavy atom. The van der Waals surface area contributed by atoms with Crippen molar-refractivity contribution in [2.24, 2.45) is 0 Å². The molecule has 2 rings (SSSR count). The summed E-state index contributed by atoms with van der Waals surface area (Å²) in [6, 6.07) is 9.57. The third kappa shape index (κ3) is 3.62. The molecule has 112 valence electrons. The molecule has 1 aromatic carbocycles. The van der Waals surface area contributed by atoms with E-state index < -0.39 is 0 Å². The SMILES string of the molecule is CCCNC1CCOC(C)(c2ccc(C(C)C)cc2)C1. The first kappa shape index (κ1) is 15.5. The summed E-state index contributed by atoms with van der Waals surface area (Å²) in [5, 5.41) is 3.65. The van der Waals surface area contributed by atoms with Gasteiger partial charge in [-0.1, -0.05) is 45.0 Å². The molecule has 2 nitrogen and oxygen atoms in total. The molecule has 1 aromatic rings. The van der Waals surface area contributed by atoms with Gasteiger partial charge in [-0.05, 0) is 49.8 Å². The summed E-state index contributed by atoms with van der Waals surface area (Å²) < 4.78 is 6.12. The smallest absolute Gasteiger partial charge is 0.0918 e. The summed E-state index contributed by atoms with van der Waals surface area (Å²) in [5.74, 6) is 0.586. The normalized spacial score (nSPS) is 26.9. The van der Waals surface area contributed by atoms with E-state index in [9.17, 15) is 0 Å². The van der Waals surface area contributed by atoms with Gasteiger partial charge in [0.15, 0.2) is 0 Å². The second-order valence-corrected chi connectivity index (χ2v) is 6.50. The van der Waals surface area contributed by atoms with E-state index in [1.54, 1.807) is 0 Å². The minimum absolute atomic E-state index is 0.140. The summed E-state index contributed by atoms with van der Waals surface area (Å²) in [5.41, 5.74) is 2.57. The van der Waals surface area contributed by atoms with Crippen LogP contribution in [0.3, 0.4) is 0 Å². The largest absolute Gasteiger partial charge is 0.370 e. The predicted molar refractivity (Wildman–Crippen MR) is 85.2 cm³/mol. The van der Waals surface area contributed by atoms with Crippen molar-refractivity contribution < 1.29 is 4.74 Å². The van der Waals surface area contributed by atoms with E-state index >= 15 is 0 Å². The highest BCUT2D eigenvalue weighted by atomic mass is 16.5. The van der Waals surface area contributed by atoms with Gasteiger partial charge in [0.25, 0.3) is 0 Å². The molecule has 2 atom stereocenters. The predicted octanol–water partition coefficient (Wildman–Crippen LogP) is 4.20. The highest BCUT2D eigenvalue weighted by Crippen LogP contribution is 2.35. The molecule has 0 saturated carbocycles. The second kappa shape index (κ2) is 6.73. The van der Waals surface area contributed by atoms with Gasteiger partial charge in [0.05, 0.1) is 5.60 Å². The van der Waals surface area contributed by atoms with E-state index in [1.165, 1.54) is 17.5 Å². The van der Waals surface area contributed by atoms with Crippen molar-refractivity contribution >= 4 is 0 Å². The fourth-order valence-electron chi connectivity index (χ4n) is 3.00. The number of nitrogens with one attached hydrogen (secondary N) is 1. The van der Waals surface area contributed by atoms with E-state index in [4.69, 9.17) is 4.74 Å². The summed E-state index contributed by atoms with van der Waals surface area (Å²) in [6.07, 6.45) is 3.38. The van der Waals surface area contributed by atoms with E-state index in [-0.39, 0.29) is 5.60 Å². The number of hydrogen-bond acceptors (Lipinski definition) is 2. The van der Waals surface area contributed by atoms with Crippen LogP contribution in [0.15, 0.2) is 24.3 Å². The zero-order chi connectivity index (χ0) is 14.6. The summed E-state index contributed by atoms with van der Waals surface area (Å²) in [4.78, 5) is 0. The van der Waals surface area contributed by atoms with Crippen LogP contribution in [-0.4, -0.2) is 19.2 Å². The van der Waals surface area contributed by atoms with Gasteiger partial charge in [-0.2, -0.15) is 0 Å². The Bertz CT molecular complexity index is 412. The molecule has 1 heterocycles. The van der Waals surface area contributed by atoms with Crippen molar-refractivity contribution in [3.63, 3.8) is 0 Å². The summed E-state index contributed by atoms with van der Waals surface area (Å²) >= 11 is 0. The molecule has 0 spiro atoms. The maximum atomic E-state index is 6.12. The van der Waals surface area contributed by atoms with Crippen LogP contribution in [0.4, 0.5) is 0 Å². The van der Waals surface area contributed by atoms with Gasteiger partial charge in [0, 0.05) is 12.6 Å². The maximum Gasteiger partial charge on any atom is 0.0918 e. The molecule has 0 bridgehead atoms. The van der Waals surface area contributed by atoms with Gasteiger partial charge in [-0.25, -0.2) is 0 Å². The van der Waals surface area contributed by atoms with E-state index in [2.05, 4.69) is 57.3 Å². The lowest BCUT2D eigenvalue weighted by Crippen LogP contribution is -2.44. The van der Waals surface area contributed by atoms with Gasteiger partial charge < -0.3 is 10.1 Å². The Kier molecular flexibility index (Phi) is 5.22. The molecule has 0 aliphatic carbocycles. The van der Waals surface area contributed by atoms with Crippen molar-refractivity contribution in [2.45, 2.75) is 64.5 Å². The average Bonchev–Trinajstić information content (AvgIpc) is 2.45. The van der Waals surface area contributed by atoms with E-state index in [0.717, 1.165) is 26.0 Å². The third-order valence-electron chi connectivity index (χ3n) is 4.39. The second-order valence-electron chi connectivity index (χ2n) is 6.50.